The van der Waals surface area contributed by atoms with Crippen molar-refractivity contribution in [2.75, 3.05) is 20.3 Å². The zero-order valence-electron chi connectivity index (χ0n) is 18.4. The molecule has 0 saturated carbocycles. The second-order valence-corrected chi connectivity index (χ2v) is 15.0. The lowest BCUT2D eigenvalue weighted by Gasteiger charge is -2.38. The van der Waals surface area contributed by atoms with Gasteiger partial charge in [-0.05, 0) is 37.9 Å². The van der Waals surface area contributed by atoms with E-state index in [1.54, 1.807) is 7.11 Å². The number of hydrazone groups is 1. The third-order valence-electron chi connectivity index (χ3n) is 4.66. The molecule has 0 N–H and O–H groups in total. The predicted octanol–water partition coefficient (Wildman–Crippen LogP) is 5.16. The number of hydrogen-bond donors (Lipinski definition) is 0. The van der Waals surface area contributed by atoms with Gasteiger partial charge in [0.25, 0.3) is 0 Å². The van der Waals surface area contributed by atoms with Gasteiger partial charge in [0.05, 0.1) is 18.8 Å². The molecule has 25 heavy (non-hydrogen) atoms. The van der Waals surface area contributed by atoms with Gasteiger partial charge in [-0.1, -0.05) is 41.5 Å². The normalized spacial score (nSPS) is 21.8. The first-order chi connectivity index (χ1) is 11.2. The summed E-state index contributed by atoms with van der Waals surface area (Å²) in [5.41, 5.74) is 1.38. The average Bonchev–Trinajstić information content (AvgIpc) is 2.81. The monoisotopic (exact) mass is 370 g/mol. The molecule has 0 aliphatic carbocycles. The second-order valence-electron chi connectivity index (χ2n) is 10.5. The highest BCUT2D eigenvalue weighted by Gasteiger charge is 2.35. The smallest absolute Gasteiger partial charge is 0.184 e. The molecule has 0 aromatic carbocycles. The zero-order chi connectivity index (χ0) is 19.5. The maximum Gasteiger partial charge on any atom is 0.184 e. The molecule has 148 valence electrons. The first-order valence-corrected chi connectivity index (χ1v) is 13.2. The van der Waals surface area contributed by atoms with Crippen molar-refractivity contribution in [3.8, 4) is 0 Å². The molecule has 2 atom stereocenters. The molecule has 1 aliphatic rings. The fourth-order valence-electron chi connectivity index (χ4n) is 3.09. The van der Waals surface area contributed by atoms with E-state index in [2.05, 4.69) is 66.2 Å². The molecule has 0 aromatic rings. The van der Waals surface area contributed by atoms with Crippen molar-refractivity contribution in [1.82, 2.24) is 5.01 Å². The van der Waals surface area contributed by atoms with Gasteiger partial charge in [-0.25, -0.2) is 0 Å². The minimum absolute atomic E-state index is 0.0342. The highest BCUT2D eigenvalue weighted by atomic mass is 28.4. The minimum Gasteiger partial charge on any atom is -0.414 e. The van der Waals surface area contributed by atoms with Gasteiger partial charge in [-0.15, -0.1) is 0 Å². The molecule has 0 amide bonds. The Morgan fingerprint density at radius 2 is 1.76 bits per heavy atom. The SMILES string of the molecule is COC[C@@H]1CCCN1/N=C(/CC(O[Si](C)(C)C)C(C)(C)C)C(C)(C)C. The van der Waals surface area contributed by atoms with Crippen molar-refractivity contribution < 1.29 is 9.16 Å². The van der Waals surface area contributed by atoms with E-state index in [0.29, 0.717) is 6.04 Å². The van der Waals surface area contributed by atoms with Crippen molar-refractivity contribution in [2.45, 2.75) is 92.6 Å². The van der Waals surface area contributed by atoms with Crippen LogP contribution in [0.5, 0.6) is 0 Å². The summed E-state index contributed by atoms with van der Waals surface area (Å²) < 4.78 is 12.0. The van der Waals surface area contributed by atoms with Crippen LogP contribution in [0.1, 0.15) is 60.8 Å². The highest BCUT2D eigenvalue weighted by molar-refractivity contribution is 6.69. The molecule has 1 rings (SSSR count). The summed E-state index contributed by atoms with van der Waals surface area (Å²) in [6.07, 6.45) is 3.46. The van der Waals surface area contributed by atoms with Crippen molar-refractivity contribution in [3.05, 3.63) is 0 Å². The van der Waals surface area contributed by atoms with Gasteiger partial charge in [-0.2, -0.15) is 5.10 Å². The number of methoxy groups -OCH3 is 1. The Labute approximate surface area is 157 Å². The third kappa shape index (κ3) is 7.79. The maximum absolute atomic E-state index is 6.58. The van der Waals surface area contributed by atoms with Crippen LogP contribution in [0.4, 0.5) is 0 Å². The Morgan fingerprint density at radius 3 is 2.20 bits per heavy atom. The van der Waals surface area contributed by atoms with Crippen molar-refractivity contribution in [3.63, 3.8) is 0 Å². The summed E-state index contributed by atoms with van der Waals surface area (Å²) in [6.45, 7) is 22.2. The van der Waals surface area contributed by atoms with E-state index in [4.69, 9.17) is 14.3 Å². The molecule has 0 spiro atoms. The molecule has 0 aromatic heterocycles. The van der Waals surface area contributed by atoms with Gasteiger partial charge < -0.3 is 9.16 Å². The first-order valence-electron chi connectivity index (χ1n) is 9.75. The van der Waals surface area contributed by atoms with Crippen LogP contribution in [0.2, 0.25) is 19.6 Å². The molecule has 0 bridgehead atoms. The minimum atomic E-state index is -1.62. The van der Waals surface area contributed by atoms with E-state index < -0.39 is 8.32 Å². The fraction of sp³-hybridized carbons (Fsp3) is 0.950. The van der Waals surface area contributed by atoms with Crippen LogP contribution in [0, 0.1) is 10.8 Å². The van der Waals surface area contributed by atoms with E-state index >= 15 is 0 Å². The van der Waals surface area contributed by atoms with Crippen LogP contribution in [-0.4, -0.2) is 51.4 Å². The summed E-state index contributed by atoms with van der Waals surface area (Å²) in [5.74, 6) is 0. The van der Waals surface area contributed by atoms with Crippen LogP contribution < -0.4 is 0 Å². The molecule has 4 nitrogen and oxygen atoms in total. The summed E-state index contributed by atoms with van der Waals surface area (Å²) in [7, 11) is 0.165. The van der Waals surface area contributed by atoms with E-state index in [1.165, 1.54) is 18.6 Å². The Morgan fingerprint density at radius 1 is 1.16 bits per heavy atom. The first kappa shape index (κ1) is 22.6. The Bertz CT molecular complexity index is 444. The molecular weight excluding hydrogens is 328 g/mol. The second kappa shape index (κ2) is 8.53. The Balaban J connectivity index is 3.07. The molecule has 1 fully saturated rings. The fourth-order valence-corrected chi connectivity index (χ4v) is 4.38. The van der Waals surface area contributed by atoms with Crippen LogP contribution in [-0.2, 0) is 9.16 Å². The molecule has 1 unspecified atom stereocenters. The number of nitrogens with zero attached hydrogens (tertiary/aromatic N) is 2. The van der Waals surface area contributed by atoms with Crippen molar-refractivity contribution >= 4 is 14.0 Å². The zero-order valence-corrected chi connectivity index (χ0v) is 19.4. The van der Waals surface area contributed by atoms with Crippen LogP contribution >= 0.6 is 0 Å². The van der Waals surface area contributed by atoms with Crippen LogP contribution in [0.25, 0.3) is 0 Å². The third-order valence-corrected chi connectivity index (χ3v) is 5.65. The van der Waals surface area contributed by atoms with Gasteiger partial charge in [0.1, 0.15) is 0 Å². The molecule has 0 radical (unpaired) electrons. The van der Waals surface area contributed by atoms with Crippen LogP contribution in [0.15, 0.2) is 5.10 Å². The number of hydrogen-bond acceptors (Lipinski definition) is 4. The van der Waals surface area contributed by atoms with Crippen LogP contribution in [0.3, 0.4) is 0 Å². The summed E-state index contributed by atoms with van der Waals surface area (Å²) in [6, 6.07) is 0.411. The Kier molecular flexibility index (Phi) is 7.73. The molecule has 5 heteroatoms. The predicted molar refractivity (Wildman–Crippen MR) is 111 cm³/mol. The number of ether oxygens (including phenoxy) is 1. The largest absolute Gasteiger partial charge is 0.414 e. The van der Waals surface area contributed by atoms with Crippen molar-refractivity contribution in [2.24, 2.45) is 15.9 Å². The standard InChI is InChI=1S/C20H42N2O2Si/c1-19(2,3)17(21-22-13-11-12-16(22)15-23-7)14-18(20(4,5)6)24-25(8,9)10/h16,18H,11-15H2,1-10H3/b21-17-/t16-,18?/m0/s1. The average molecular weight is 371 g/mol. The van der Waals surface area contributed by atoms with Gasteiger partial charge in [0.2, 0.25) is 0 Å². The van der Waals surface area contributed by atoms with Crippen molar-refractivity contribution in [1.29, 1.82) is 0 Å². The Hall–Kier alpha value is -0.393. The molecule has 1 heterocycles. The van der Waals surface area contributed by atoms with E-state index in [-0.39, 0.29) is 16.9 Å². The van der Waals surface area contributed by atoms with E-state index in [1.807, 2.05) is 0 Å². The van der Waals surface area contributed by atoms with Gasteiger partial charge in [0, 0.05) is 31.2 Å². The van der Waals surface area contributed by atoms with E-state index in [0.717, 1.165) is 19.6 Å². The lowest BCUT2D eigenvalue weighted by molar-refractivity contribution is 0.0829. The topological polar surface area (TPSA) is 34.1 Å². The van der Waals surface area contributed by atoms with E-state index in [9.17, 15) is 0 Å². The van der Waals surface area contributed by atoms with Gasteiger partial charge >= 0.3 is 0 Å². The summed E-state index contributed by atoms with van der Waals surface area (Å²) >= 11 is 0. The molecule has 1 saturated heterocycles. The summed E-state index contributed by atoms with van der Waals surface area (Å²) in [5, 5.41) is 7.40. The molecular formula is C20H42N2O2Si. The lowest BCUT2D eigenvalue weighted by atomic mass is 9.80. The highest BCUT2D eigenvalue weighted by Crippen LogP contribution is 2.32. The quantitative estimate of drug-likeness (QED) is 0.459. The maximum atomic E-state index is 6.58. The lowest BCUT2D eigenvalue weighted by Crippen LogP contribution is -2.43. The molecule has 1 aliphatic heterocycles. The van der Waals surface area contributed by atoms with Gasteiger partial charge in [0.15, 0.2) is 8.32 Å². The van der Waals surface area contributed by atoms with Gasteiger partial charge in [-0.3, -0.25) is 5.01 Å². The summed E-state index contributed by atoms with van der Waals surface area (Å²) in [4.78, 5) is 0. The number of rotatable bonds is 7.